The Morgan fingerprint density at radius 2 is 1.95 bits per heavy atom. The number of amides is 1. The maximum atomic E-state index is 12.5. The quantitative estimate of drug-likeness (QED) is 0.236. The monoisotopic (exact) mass is 574 g/mol. The molecule has 9 nitrogen and oxygen atoms in total. The van der Waals surface area contributed by atoms with Gasteiger partial charge in [0.25, 0.3) is 0 Å². The Kier molecular flexibility index (Phi) is 7.80. The number of halogens is 1. The van der Waals surface area contributed by atoms with E-state index in [2.05, 4.69) is 11.6 Å². The van der Waals surface area contributed by atoms with Crippen LogP contribution in [0.2, 0.25) is 5.02 Å². The minimum Gasteiger partial charge on any atom is -0.495 e. The summed E-state index contributed by atoms with van der Waals surface area (Å²) in [7, 11) is 1.57. The van der Waals surface area contributed by atoms with Crippen LogP contribution in [0.1, 0.15) is 25.3 Å². The first-order chi connectivity index (χ1) is 20.1. The van der Waals surface area contributed by atoms with Crippen molar-refractivity contribution in [2.75, 3.05) is 33.4 Å². The molecule has 2 aromatic carbocycles. The minimum absolute atomic E-state index is 0.0220. The number of pyridine rings is 1. The summed E-state index contributed by atoms with van der Waals surface area (Å²) in [5.74, 6) is 2.27. The highest BCUT2D eigenvalue weighted by Crippen LogP contribution is 2.39. The van der Waals surface area contributed by atoms with Gasteiger partial charge in [0.1, 0.15) is 39.6 Å². The first-order valence-corrected chi connectivity index (χ1v) is 14.1. The smallest absolute Gasteiger partial charge is 0.246 e. The fraction of sp³-hybridized carbons (Fsp3) is 0.323. The zero-order valence-electron chi connectivity index (χ0n) is 22.8. The Labute approximate surface area is 243 Å². The summed E-state index contributed by atoms with van der Waals surface area (Å²) in [6.45, 7) is 6.14. The fourth-order valence-electron chi connectivity index (χ4n) is 5.42. The van der Waals surface area contributed by atoms with Gasteiger partial charge in [-0.15, -0.1) is 0 Å². The molecule has 2 fully saturated rings. The van der Waals surface area contributed by atoms with Crippen molar-refractivity contribution in [1.82, 2.24) is 19.7 Å². The zero-order valence-corrected chi connectivity index (χ0v) is 23.5. The molecule has 6 rings (SSSR count). The molecule has 41 heavy (non-hydrogen) atoms. The molecule has 2 aliphatic rings. The van der Waals surface area contributed by atoms with Gasteiger partial charge in [0.2, 0.25) is 5.91 Å². The van der Waals surface area contributed by atoms with Gasteiger partial charge in [-0.2, -0.15) is 5.10 Å². The van der Waals surface area contributed by atoms with Gasteiger partial charge in [0, 0.05) is 31.3 Å². The molecule has 1 amide bonds. The number of fused-ring (bicyclic) bond motifs is 1. The Balaban J connectivity index is 1.37. The molecule has 0 N–H and O–H groups in total. The molecule has 4 heterocycles. The number of benzene rings is 2. The van der Waals surface area contributed by atoms with E-state index in [1.165, 1.54) is 6.08 Å². The van der Waals surface area contributed by atoms with E-state index in [1.807, 2.05) is 46.1 Å². The van der Waals surface area contributed by atoms with E-state index in [0.29, 0.717) is 54.3 Å². The van der Waals surface area contributed by atoms with Gasteiger partial charge < -0.3 is 23.8 Å². The molecule has 10 heteroatoms. The van der Waals surface area contributed by atoms with Crippen LogP contribution in [0.25, 0.3) is 22.2 Å². The van der Waals surface area contributed by atoms with Crippen LogP contribution in [-0.2, 0) is 9.53 Å². The third-order valence-corrected chi connectivity index (χ3v) is 7.86. The van der Waals surface area contributed by atoms with E-state index in [-0.39, 0.29) is 18.1 Å². The lowest BCUT2D eigenvalue weighted by atomic mass is 10.1. The lowest BCUT2D eigenvalue weighted by Crippen LogP contribution is -2.40. The molecule has 212 valence electrons. The number of piperidine rings is 1. The first kappa shape index (κ1) is 27.1. The number of carbonyl (C=O) groups is 1. The fourth-order valence-corrected chi connectivity index (χ4v) is 5.67. The highest BCUT2D eigenvalue weighted by molar-refractivity contribution is 6.33. The van der Waals surface area contributed by atoms with Gasteiger partial charge in [0.05, 0.1) is 37.9 Å². The van der Waals surface area contributed by atoms with Crippen molar-refractivity contribution < 1.29 is 23.7 Å². The SMILES string of the molecule is C=CC(=O)N1CCC[C@@H](n2nc(-c3ccc(Oc4cccc(OC)c4Cl)cc3)c3cncc(OC4CCOC4)c32)C1. The number of aromatic nitrogens is 3. The van der Waals surface area contributed by atoms with Crippen molar-refractivity contribution in [3.63, 3.8) is 0 Å². The number of likely N-dealkylation sites (tertiary alicyclic amines) is 1. The number of rotatable bonds is 8. The zero-order chi connectivity index (χ0) is 28.3. The summed E-state index contributed by atoms with van der Waals surface area (Å²) in [5.41, 5.74) is 2.54. The first-order valence-electron chi connectivity index (χ1n) is 13.7. The molecule has 2 aliphatic heterocycles. The number of methoxy groups -OCH3 is 1. The van der Waals surface area contributed by atoms with E-state index in [4.69, 9.17) is 35.6 Å². The second-order valence-electron chi connectivity index (χ2n) is 10.1. The Hall–Kier alpha value is -4.08. The van der Waals surface area contributed by atoms with Gasteiger partial charge in [0.15, 0.2) is 5.75 Å². The van der Waals surface area contributed by atoms with Crippen LogP contribution in [0.5, 0.6) is 23.0 Å². The van der Waals surface area contributed by atoms with Crippen molar-refractivity contribution in [1.29, 1.82) is 0 Å². The molecule has 0 spiro atoms. The number of ether oxygens (including phenoxy) is 4. The number of nitrogens with zero attached hydrogens (tertiary/aromatic N) is 4. The summed E-state index contributed by atoms with van der Waals surface area (Å²) >= 11 is 6.42. The third-order valence-electron chi connectivity index (χ3n) is 7.49. The maximum absolute atomic E-state index is 12.5. The minimum atomic E-state index is -0.0700. The molecule has 2 saturated heterocycles. The molecular formula is C31H31ClN4O5. The lowest BCUT2D eigenvalue weighted by molar-refractivity contribution is -0.127. The number of hydrogen-bond acceptors (Lipinski definition) is 7. The Morgan fingerprint density at radius 3 is 2.71 bits per heavy atom. The van der Waals surface area contributed by atoms with Crippen LogP contribution in [0, 0.1) is 0 Å². The van der Waals surface area contributed by atoms with Crippen LogP contribution in [0.4, 0.5) is 0 Å². The topological polar surface area (TPSA) is 87.9 Å². The van der Waals surface area contributed by atoms with Crippen LogP contribution in [-0.4, -0.2) is 65.1 Å². The number of carbonyl (C=O) groups excluding carboxylic acids is 1. The van der Waals surface area contributed by atoms with Gasteiger partial charge in [-0.3, -0.25) is 14.5 Å². The van der Waals surface area contributed by atoms with E-state index < -0.39 is 0 Å². The average Bonchev–Trinajstić information content (AvgIpc) is 3.67. The summed E-state index contributed by atoms with van der Waals surface area (Å²) in [6.07, 6.45) is 7.47. The van der Waals surface area contributed by atoms with Crippen molar-refractivity contribution in [2.24, 2.45) is 0 Å². The largest absolute Gasteiger partial charge is 0.495 e. The van der Waals surface area contributed by atoms with Crippen molar-refractivity contribution >= 4 is 28.4 Å². The lowest BCUT2D eigenvalue weighted by Gasteiger charge is -2.32. The highest BCUT2D eigenvalue weighted by atomic mass is 35.5. The molecule has 0 aliphatic carbocycles. The maximum Gasteiger partial charge on any atom is 0.246 e. The molecule has 0 radical (unpaired) electrons. The Morgan fingerprint density at radius 1 is 1.12 bits per heavy atom. The highest BCUT2D eigenvalue weighted by Gasteiger charge is 2.29. The summed E-state index contributed by atoms with van der Waals surface area (Å²) in [5, 5.41) is 6.39. The van der Waals surface area contributed by atoms with Gasteiger partial charge in [-0.25, -0.2) is 0 Å². The van der Waals surface area contributed by atoms with Crippen molar-refractivity contribution in [3.8, 4) is 34.3 Å². The molecule has 4 aromatic rings. The molecule has 2 aromatic heterocycles. The van der Waals surface area contributed by atoms with E-state index >= 15 is 0 Å². The van der Waals surface area contributed by atoms with Crippen LogP contribution in [0.15, 0.2) is 67.5 Å². The second kappa shape index (κ2) is 11.8. The Bertz CT molecular complexity index is 1570. The van der Waals surface area contributed by atoms with Crippen molar-refractivity contribution in [3.05, 3.63) is 72.5 Å². The van der Waals surface area contributed by atoms with Crippen LogP contribution >= 0.6 is 11.6 Å². The second-order valence-corrected chi connectivity index (χ2v) is 10.5. The predicted molar refractivity (Wildman–Crippen MR) is 156 cm³/mol. The summed E-state index contributed by atoms with van der Waals surface area (Å²) in [6, 6.07) is 13.1. The molecule has 1 unspecified atom stereocenters. The normalized spacial score (nSPS) is 18.8. The molecular weight excluding hydrogens is 544 g/mol. The van der Waals surface area contributed by atoms with Crippen LogP contribution in [0.3, 0.4) is 0 Å². The van der Waals surface area contributed by atoms with Gasteiger partial charge >= 0.3 is 0 Å². The van der Waals surface area contributed by atoms with Gasteiger partial charge in [-0.05, 0) is 55.3 Å². The molecule has 0 bridgehead atoms. The van der Waals surface area contributed by atoms with Crippen molar-refractivity contribution in [2.45, 2.75) is 31.4 Å². The summed E-state index contributed by atoms with van der Waals surface area (Å²) < 4.78 is 25.3. The number of hydrogen-bond donors (Lipinski definition) is 0. The molecule has 0 saturated carbocycles. The van der Waals surface area contributed by atoms with Crippen LogP contribution < -0.4 is 14.2 Å². The summed E-state index contributed by atoms with van der Waals surface area (Å²) in [4.78, 5) is 18.8. The average molecular weight is 575 g/mol. The van der Waals surface area contributed by atoms with E-state index in [9.17, 15) is 4.79 Å². The molecule has 2 atom stereocenters. The third kappa shape index (κ3) is 5.47. The van der Waals surface area contributed by atoms with E-state index in [1.54, 1.807) is 25.4 Å². The van der Waals surface area contributed by atoms with Gasteiger partial charge in [-0.1, -0.05) is 24.2 Å². The van der Waals surface area contributed by atoms with E-state index in [0.717, 1.165) is 41.4 Å². The standard InChI is InChI=1S/C31H31ClN4O5/c1-3-28(37)35-14-5-6-21(18-35)36-31-24(16-33-17-27(31)41-23-13-15-39-19-23)30(34-36)20-9-11-22(12-10-20)40-26-8-4-7-25(38-2)29(26)32/h3-4,7-12,16-17,21,23H,1,5-6,13-15,18-19H2,2H3/t21-,23?/m1/s1. The predicted octanol–water partition coefficient (Wildman–Crippen LogP) is 6.07.